The fraction of sp³-hybridized carbons (Fsp3) is 0.100. The zero-order chi connectivity index (χ0) is 17.5. The first-order chi connectivity index (χ1) is 12.2. The van der Waals surface area contributed by atoms with E-state index in [-0.39, 0.29) is 0 Å². The first-order valence-electron chi connectivity index (χ1n) is 7.90. The highest BCUT2D eigenvalue weighted by molar-refractivity contribution is 5.75. The molecule has 0 saturated heterocycles. The summed E-state index contributed by atoms with van der Waals surface area (Å²) in [5.74, 6) is 0.465. The third-order valence-corrected chi connectivity index (χ3v) is 3.67. The number of nitrogens with zero attached hydrogens (tertiary/aromatic N) is 1. The van der Waals surface area contributed by atoms with Gasteiger partial charge in [-0.2, -0.15) is 0 Å². The smallest absolute Gasteiger partial charge is 0.325 e. The molecule has 0 amide bonds. The van der Waals surface area contributed by atoms with Crippen LogP contribution in [0.15, 0.2) is 79.1 Å². The Morgan fingerprint density at radius 3 is 2.36 bits per heavy atom. The molecule has 2 aromatic carbocycles. The van der Waals surface area contributed by atoms with Gasteiger partial charge in [0.25, 0.3) is 0 Å². The number of nitrogens with one attached hydrogen (secondary N) is 1. The van der Waals surface area contributed by atoms with Gasteiger partial charge in [0, 0.05) is 18.9 Å². The average Bonchev–Trinajstić information content (AvgIpc) is 2.65. The summed E-state index contributed by atoms with van der Waals surface area (Å²) >= 11 is 0. The number of benzene rings is 2. The molecule has 1 heterocycles. The summed E-state index contributed by atoms with van der Waals surface area (Å²) in [6.45, 7) is 0.424. The highest BCUT2D eigenvalue weighted by Gasteiger charge is 2.19. The molecular formula is C20H18N2O3. The average molecular weight is 334 g/mol. The summed E-state index contributed by atoms with van der Waals surface area (Å²) in [7, 11) is 0. The number of hydrogen-bond donors (Lipinski definition) is 2. The van der Waals surface area contributed by atoms with Crippen molar-refractivity contribution < 1.29 is 14.6 Å². The van der Waals surface area contributed by atoms with Crippen molar-refractivity contribution in [1.29, 1.82) is 0 Å². The third-order valence-electron chi connectivity index (χ3n) is 3.67. The van der Waals surface area contributed by atoms with Crippen LogP contribution in [-0.4, -0.2) is 16.1 Å². The topological polar surface area (TPSA) is 71.5 Å². The minimum Gasteiger partial charge on any atom is -0.480 e. The first kappa shape index (κ1) is 16.7. The van der Waals surface area contributed by atoms with Crippen LogP contribution in [0.3, 0.4) is 0 Å². The molecule has 0 fully saturated rings. The van der Waals surface area contributed by atoms with Gasteiger partial charge in [-0.1, -0.05) is 36.4 Å². The highest BCUT2D eigenvalue weighted by atomic mass is 16.5. The van der Waals surface area contributed by atoms with Crippen molar-refractivity contribution in [2.24, 2.45) is 0 Å². The monoisotopic (exact) mass is 334 g/mol. The molecule has 3 aromatic rings. The molecule has 2 N–H and O–H groups in total. The number of carboxylic acid groups (broad SMARTS) is 1. The molecule has 1 unspecified atom stereocenters. The van der Waals surface area contributed by atoms with E-state index in [9.17, 15) is 9.90 Å². The van der Waals surface area contributed by atoms with Crippen LogP contribution in [0.25, 0.3) is 0 Å². The van der Waals surface area contributed by atoms with Crippen molar-refractivity contribution in [3.8, 4) is 11.5 Å². The number of aromatic nitrogens is 1. The van der Waals surface area contributed by atoms with Gasteiger partial charge in [0.15, 0.2) is 0 Å². The van der Waals surface area contributed by atoms with Gasteiger partial charge >= 0.3 is 5.97 Å². The predicted molar refractivity (Wildman–Crippen MR) is 94.4 cm³/mol. The van der Waals surface area contributed by atoms with Crippen molar-refractivity contribution in [3.05, 3.63) is 90.3 Å². The zero-order valence-corrected chi connectivity index (χ0v) is 13.5. The lowest BCUT2D eigenvalue weighted by Crippen LogP contribution is -2.28. The van der Waals surface area contributed by atoms with Crippen molar-refractivity contribution in [2.75, 3.05) is 0 Å². The summed E-state index contributed by atoms with van der Waals surface area (Å²) in [6.07, 6.45) is 3.40. The molecular weight excluding hydrogens is 316 g/mol. The molecule has 1 aromatic heterocycles. The molecule has 0 aliphatic heterocycles. The predicted octanol–water partition coefficient (Wildman–Crippen LogP) is 3.79. The number of aliphatic carboxylic acids is 1. The first-order valence-corrected chi connectivity index (χ1v) is 7.90. The molecule has 25 heavy (non-hydrogen) atoms. The van der Waals surface area contributed by atoms with Gasteiger partial charge in [0.2, 0.25) is 0 Å². The van der Waals surface area contributed by atoms with E-state index in [4.69, 9.17) is 4.74 Å². The van der Waals surface area contributed by atoms with Crippen LogP contribution in [0, 0.1) is 0 Å². The standard InChI is InChI=1S/C20H18N2O3/c23-20(24)19(22-14-15-5-4-12-21-13-15)16-8-10-18(11-9-16)25-17-6-2-1-3-7-17/h1-13,19,22H,14H2,(H,23,24). The highest BCUT2D eigenvalue weighted by Crippen LogP contribution is 2.23. The molecule has 1 atom stereocenters. The van der Waals surface area contributed by atoms with E-state index < -0.39 is 12.0 Å². The third kappa shape index (κ3) is 4.65. The maximum Gasteiger partial charge on any atom is 0.325 e. The lowest BCUT2D eigenvalue weighted by atomic mass is 10.1. The lowest BCUT2D eigenvalue weighted by molar-refractivity contribution is -0.139. The van der Waals surface area contributed by atoms with Crippen LogP contribution < -0.4 is 10.1 Å². The molecule has 3 rings (SSSR count). The van der Waals surface area contributed by atoms with Crippen LogP contribution in [0.4, 0.5) is 0 Å². The fourth-order valence-corrected chi connectivity index (χ4v) is 2.42. The SMILES string of the molecule is O=C(O)C(NCc1cccnc1)c1ccc(Oc2ccccc2)cc1. The van der Waals surface area contributed by atoms with Gasteiger partial charge in [-0.25, -0.2) is 0 Å². The number of carboxylic acids is 1. The van der Waals surface area contributed by atoms with Gasteiger partial charge < -0.3 is 9.84 Å². The summed E-state index contributed by atoms with van der Waals surface area (Å²) in [5.41, 5.74) is 1.59. The van der Waals surface area contributed by atoms with E-state index in [0.29, 0.717) is 17.9 Å². The van der Waals surface area contributed by atoms with E-state index in [2.05, 4.69) is 10.3 Å². The van der Waals surface area contributed by atoms with E-state index in [1.807, 2.05) is 42.5 Å². The molecule has 5 heteroatoms. The quantitative estimate of drug-likeness (QED) is 0.688. The lowest BCUT2D eigenvalue weighted by Gasteiger charge is -2.15. The summed E-state index contributed by atoms with van der Waals surface area (Å²) in [4.78, 5) is 15.6. The van der Waals surface area contributed by atoms with Crippen LogP contribution in [0.1, 0.15) is 17.2 Å². The molecule has 126 valence electrons. The number of pyridine rings is 1. The molecule has 0 aliphatic carbocycles. The Bertz CT molecular complexity index is 805. The van der Waals surface area contributed by atoms with Gasteiger partial charge in [-0.3, -0.25) is 15.1 Å². The Morgan fingerprint density at radius 1 is 1.00 bits per heavy atom. The second-order valence-corrected chi connectivity index (χ2v) is 5.50. The molecule has 0 saturated carbocycles. The number of carbonyl (C=O) groups is 1. The van der Waals surface area contributed by atoms with Crippen molar-refractivity contribution in [1.82, 2.24) is 10.3 Å². The molecule has 0 radical (unpaired) electrons. The maximum absolute atomic E-state index is 11.6. The Morgan fingerprint density at radius 2 is 1.72 bits per heavy atom. The minimum atomic E-state index is -0.930. The Balaban J connectivity index is 1.68. The van der Waals surface area contributed by atoms with Crippen LogP contribution >= 0.6 is 0 Å². The van der Waals surface area contributed by atoms with Gasteiger partial charge in [-0.15, -0.1) is 0 Å². The maximum atomic E-state index is 11.6. The van der Waals surface area contributed by atoms with Crippen molar-refractivity contribution in [2.45, 2.75) is 12.6 Å². The van der Waals surface area contributed by atoms with Crippen molar-refractivity contribution in [3.63, 3.8) is 0 Å². The largest absolute Gasteiger partial charge is 0.480 e. The van der Waals surface area contributed by atoms with Crippen molar-refractivity contribution >= 4 is 5.97 Å². The zero-order valence-electron chi connectivity index (χ0n) is 13.5. The minimum absolute atomic E-state index is 0.424. The van der Waals surface area contributed by atoms with Crippen LogP contribution in [0.5, 0.6) is 11.5 Å². The van der Waals surface area contributed by atoms with E-state index in [1.54, 1.807) is 36.7 Å². The molecule has 0 spiro atoms. The number of hydrogen-bond acceptors (Lipinski definition) is 4. The van der Waals surface area contributed by atoms with E-state index in [1.165, 1.54) is 0 Å². The Hall–Kier alpha value is -3.18. The number of rotatable bonds is 7. The molecule has 5 nitrogen and oxygen atoms in total. The summed E-state index contributed by atoms with van der Waals surface area (Å²) < 4.78 is 5.73. The number of para-hydroxylation sites is 1. The van der Waals surface area contributed by atoms with Gasteiger partial charge in [0.05, 0.1) is 0 Å². The molecule has 0 aliphatic rings. The Labute approximate surface area is 145 Å². The second-order valence-electron chi connectivity index (χ2n) is 5.50. The van der Waals surface area contributed by atoms with Crippen LogP contribution in [0.2, 0.25) is 0 Å². The second kappa shape index (κ2) is 8.08. The van der Waals surface area contributed by atoms with E-state index >= 15 is 0 Å². The van der Waals surface area contributed by atoms with Gasteiger partial charge in [0.1, 0.15) is 17.5 Å². The fourth-order valence-electron chi connectivity index (χ4n) is 2.42. The van der Waals surface area contributed by atoms with Crippen LogP contribution in [-0.2, 0) is 11.3 Å². The molecule has 0 bridgehead atoms. The normalized spacial score (nSPS) is 11.7. The number of ether oxygens (including phenoxy) is 1. The Kier molecular flexibility index (Phi) is 5.39. The van der Waals surface area contributed by atoms with Gasteiger partial charge in [-0.05, 0) is 41.5 Å². The van der Waals surface area contributed by atoms with E-state index in [0.717, 1.165) is 11.3 Å². The summed E-state index contributed by atoms with van der Waals surface area (Å²) in [5, 5.41) is 12.5. The summed E-state index contributed by atoms with van der Waals surface area (Å²) in [6, 6.07) is 19.4.